The molecule has 2 aromatic carbocycles. The molecule has 1 atom stereocenters. The second kappa shape index (κ2) is 7.21. The van der Waals surface area contributed by atoms with Gasteiger partial charge in [-0.05, 0) is 41.0 Å². The Bertz CT molecular complexity index is 795. The van der Waals surface area contributed by atoms with E-state index in [1.54, 1.807) is 26.4 Å². The molecule has 132 valence electrons. The molecule has 1 heterocycles. The molecule has 3 rings (SSSR count). The number of hydrogen-bond donors (Lipinski definition) is 0. The van der Waals surface area contributed by atoms with Crippen LogP contribution in [0, 0.1) is 0 Å². The topological polar surface area (TPSA) is 57.2 Å². The van der Waals surface area contributed by atoms with Crippen molar-refractivity contribution in [1.29, 1.82) is 0 Å². The maximum atomic E-state index is 12.2. The van der Waals surface area contributed by atoms with Crippen molar-refractivity contribution >= 4 is 17.7 Å². The smallest absolute Gasteiger partial charge is 0.434 e. The van der Waals surface area contributed by atoms with Crippen LogP contribution in [0.5, 0.6) is 11.5 Å². The first-order chi connectivity index (χ1) is 12.1. The Balaban J connectivity index is 2.18. The molecule has 1 aliphatic rings. The molecule has 1 amide bonds. The number of methoxy groups -OCH3 is 3. The van der Waals surface area contributed by atoms with Crippen molar-refractivity contribution in [2.24, 2.45) is 0 Å². The zero-order valence-corrected chi connectivity index (χ0v) is 14.9. The fourth-order valence-electron chi connectivity index (χ4n) is 2.90. The lowest BCUT2D eigenvalue weighted by Crippen LogP contribution is -2.39. The third kappa shape index (κ3) is 3.23. The molecule has 0 fully saturated rings. The first kappa shape index (κ1) is 17.4. The van der Waals surface area contributed by atoms with Crippen LogP contribution >= 0.6 is 11.6 Å². The predicted octanol–water partition coefficient (Wildman–Crippen LogP) is 3.96. The summed E-state index contributed by atoms with van der Waals surface area (Å²) in [5.74, 6) is 1.17. The second-order valence-electron chi connectivity index (χ2n) is 5.43. The average molecular weight is 364 g/mol. The van der Waals surface area contributed by atoms with E-state index >= 15 is 0 Å². The van der Waals surface area contributed by atoms with Gasteiger partial charge in [-0.25, -0.2) is 4.79 Å². The summed E-state index contributed by atoms with van der Waals surface area (Å²) in [6.07, 6.45) is -0.592. The first-order valence-electron chi connectivity index (χ1n) is 7.59. The lowest BCUT2D eigenvalue weighted by Gasteiger charge is -2.35. The molecule has 7 heteroatoms. The van der Waals surface area contributed by atoms with Crippen molar-refractivity contribution in [2.75, 3.05) is 21.3 Å². The van der Waals surface area contributed by atoms with Gasteiger partial charge in [-0.2, -0.15) is 5.06 Å². The minimum atomic E-state index is -0.592. The second-order valence-corrected chi connectivity index (χ2v) is 5.87. The Kier molecular flexibility index (Phi) is 5.01. The number of nitrogens with zero attached hydrogens (tertiary/aromatic N) is 1. The van der Waals surface area contributed by atoms with E-state index in [-0.39, 0.29) is 6.61 Å². The number of benzene rings is 2. The highest BCUT2D eigenvalue weighted by molar-refractivity contribution is 6.30. The number of fused-ring (bicyclic) bond motifs is 1. The molecule has 0 radical (unpaired) electrons. The fourth-order valence-corrected chi connectivity index (χ4v) is 3.09. The van der Waals surface area contributed by atoms with Gasteiger partial charge in [-0.15, -0.1) is 0 Å². The zero-order valence-electron chi connectivity index (χ0n) is 14.1. The van der Waals surface area contributed by atoms with Gasteiger partial charge in [-0.3, -0.25) is 4.84 Å². The highest BCUT2D eigenvalue weighted by Crippen LogP contribution is 2.42. The Hall–Kier alpha value is -2.44. The Morgan fingerprint density at radius 3 is 2.52 bits per heavy atom. The van der Waals surface area contributed by atoms with Crippen molar-refractivity contribution in [1.82, 2.24) is 5.06 Å². The van der Waals surface area contributed by atoms with Crippen molar-refractivity contribution < 1.29 is 23.8 Å². The Morgan fingerprint density at radius 1 is 1.16 bits per heavy atom. The first-order valence-corrected chi connectivity index (χ1v) is 7.97. The number of carbonyl (C=O) groups is 1. The SMILES string of the molecule is COC(=O)N1OCc2cc(OC)c(OC)cc2C1c1cccc(Cl)c1. The van der Waals surface area contributed by atoms with Crippen LogP contribution in [0.4, 0.5) is 4.79 Å². The lowest BCUT2D eigenvalue weighted by atomic mass is 9.93. The van der Waals surface area contributed by atoms with Crippen LogP contribution < -0.4 is 9.47 Å². The van der Waals surface area contributed by atoms with Crippen molar-refractivity contribution in [3.63, 3.8) is 0 Å². The third-order valence-corrected chi connectivity index (χ3v) is 4.29. The highest BCUT2D eigenvalue weighted by Gasteiger charge is 2.35. The van der Waals surface area contributed by atoms with E-state index in [0.29, 0.717) is 16.5 Å². The zero-order chi connectivity index (χ0) is 18.0. The summed E-state index contributed by atoms with van der Waals surface area (Å²) in [5.41, 5.74) is 2.55. The fraction of sp³-hybridized carbons (Fsp3) is 0.278. The normalized spacial score (nSPS) is 16.2. The van der Waals surface area contributed by atoms with Crippen LogP contribution in [-0.2, 0) is 16.2 Å². The predicted molar refractivity (Wildman–Crippen MR) is 91.9 cm³/mol. The van der Waals surface area contributed by atoms with E-state index in [1.165, 1.54) is 12.2 Å². The van der Waals surface area contributed by atoms with Crippen molar-refractivity contribution in [2.45, 2.75) is 12.6 Å². The number of carbonyl (C=O) groups excluding carboxylic acids is 1. The lowest BCUT2D eigenvalue weighted by molar-refractivity contribution is -0.173. The highest BCUT2D eigenvalue weighted by atomic mass is 35.5. The summed E-state index contributed by atoms with van der Waals surface area (Å²) in [6, 6.07) is 10.4. The number of rotatable bonds is 3. The van der Waals surface area contributed by atoms with Crippen LogP contribution in [0.25, 0.3) is 0 Å². The molecule has 0 bridgehead atoms. The summed E-state index contributed by atoms with van der Waals surface area (Å²) < 4.78 is 15.6. The standard InChI is InChI=1S/C18H18ClNO5/c1-22-15-8-12-10-25-20(18(21)24-3)17(14(12)9-16(15)23-2)11-5-4-6-13(19)7-11/h4-9,17H,10H2,1-3H3. The summed E-state index contributed by atoms with van der Waals surface area (Å²) in [7, 11) is 4.45. The number of hydroxylamine groups is 2. The maximum Gasteiger partial charge on any atom is 0.434 e. The Morgan fingerprint density at radius 2 is 1.88 bits per heavy atom. The van der Waals surface area contributed by atoms with Gasteiger partial charge in [-0.1, -0.05) is 23.7 Å². The maximum absolute atomic E-state index is 12.2. The van der Waals surface area contributed by atoms with Gasteiger partial charge >= 0.3 is 6.09 Å². The molecule has 0 saturated heterocycles. The van der Waals surface area contributed by atoms with Crippen LogP contribution in [0.15, 0.2) is 36.4 Å². The molecule has 0 saturated carbocycles. The van der Waals surface area contributed by atoms with Gasteiger partial charge in [0.2, 0.25) is 0 Å². The van der Waals surface area contributed by atoms with E-state index < -0.39 is 12.1 Å². The van der Waals surface area contributed by atoms with Crippen LogP contribution in [-0.4, -0.2) is 32.5 Å². The van der Waals surface area contributed by atoms with Gasteiger partial charge in [0.1, 0.15) is 12.6 Å². The van der Waals surface area contributed by atoms with Gasteiger partial charge in [0.25, 0.3) is 0 Å². The van der Waals surface area contributed by atoms with E-state index in [1.807, 2.05) is 24.3 Å². The molecule has 25 heavy (non-hydrogen) atoms. The molecule has 0 N–H and O–H groups in total. The molecule has 2 aromatic rings. The number of amides is 1. The van der Waals surface area contributed by atoms with Gasteiger partial charge < -0.3 is 14.2 Å². The monoisotopic (exact) mass is 363 g/mol. The van der Waals surface area contributed by atoms with Gasteiger partial charge in [0.05, 0.1) is 21.3 Å². The van der Waals surface area contributed by atoms with E-state index in [2.05, 4.69) is 0 Å². The molecule has 6 nitrogen and oxygen atoms in total. The summed E-state index contributed by atoms with van der Waals surface area (Å²) in [4.78, 5) is 17.9. The van der Waals surface area contributed by atoms with Gasteiger partial charge in [0, 0.05) is 5.02 Å². The minimum absolute atomic E-state index is 0.210. The van der Waals surface area contributed by atoms with E-state index in [4.69, 9.17) is 30.6 Å². The third-order valence-electron chi connectivity index (χ3n) is 4.05. The Labute approximate surface area is 150 Å². The van der Waals surface area contributed by atoms with E-state index in [9.17, 15) is 4.79 Å². The largest absolute Gasteiger partial charge is 0.493 e. The van der Waals surface area contributed by atoms with Crippen molar-refractivity contribution in [3.8, 4) is 11.5 Å². The number of ether oxygens (including phenoxy) is 3. The molecule has 1 unspecified atom stereocenters. The number of halogens is 1. The number of hydrogen-bond acceptors (Lipinski definition) is 5. The minimum Gasteiger partial charge on any atom is -0.493 e. The van der Waals surface area contributed by atoms with Gasteiger partial charge in [0.15, 0.2) is 11.5 Å². The molecular formula is C18H18ClNO5. The van der Waals surface area contributed by atoms with Crippen molar-refractivity contribution in [3.05, 3.63) is 58.1 Å². The quantitative estimate of drug-likeness (QED) is 0.826. The average Bonchev–Trinajstić information content (AvgIpc) is 2.65. The van der Waals surface area contributed by atoms with Crippen LogP contribution in [0.2, 0.25) is 5.02 Å². The molecule has 0 aliphatic carbocycles. The van der Waals surface area contributed by atoms with Crippen LogP contribution in [0.3, 0.4) is 0 Å². The molecule has 0 aromatic heterocycles. The summed E-state index contributed by atoms with van der Waals surface area (Å²) in [5, 5.41) is 1.77. The molecular weight excluding hydrogens is 346 g/mol. The van der Waals surface area contributed by atoms with Crippen LogP contribution in [0.1, 0.15) is 22.7 Å². The van der Waals surface area contributed by atoms with E-state index in [0.717, 1.165) is 16.7 Å². The summed E-state index contributed by atoms with van der Waals surface area (Å²) in [6.45, 7) is 0.210. The molecule has 1 aliphatic heterocycles. The summed E-state index contributed by atoms with van der Waals surface area (Å²) >= 11 is 6.14. The molecule has 0 spiro atoms.